The lowest BCUT2D eigenvalue weighted by molar-refractivity contribution is 0.362. The van der Waals surface area contributed by atoms with Gasteiger partial charge in [-0.1, -0.05) is 44.2 Å². The molecule has 0 bridgehead atoms. The van der Waals surface area contributed by atoms with Gasteiger partial charge in [-0.2, -0.15) is 15.0 Å². The summed E-state index contributed by atoms with van der Waals surface area (Å²) in [4.78, 5) is 1.48. The highest BCUT2D eigenvalue weighted by atomic mass is 32.2. The Morgan fingerprint density at radius 1 is 1.18 bits per heavy atom. The van der Waals surface area contributed by atoms with Gasteiger partial charge < -0.3 is 0 Å². The van der Waals surface area contributed by atoms with E-state index in [-0.39, 0.29) is 12.0 Å². The van der Waals surface area contributed by atoms with Crippen LogP contribution in [0.3, 0.4) is 0 Å². The van der Waals surface area contributed by atoms with Crippen molar-refractivity contribution in [1.29, 1.82) is 0 Å². The summed E-state index contributed by atoms with van der Waals surface area (Å²) in [7, 11) is -3.53. The monoisotopic (exact) mass is 320 g/mol. The van der Waals surface area contributed by atoms with E-state index in [1.165, 1.54) is 10.2 Å². The van der Waals surface area contributed by atoms with Crippen molar-refractivity contribution < 1.29 is 8.42 Å². The van der Waals surface area contributed by atoms with Crippen molar-refractivity contribution in [3.8, 4) is 0 Å². The highest BCUT2D eigenvalue weighted by Crippen LogP contribution is 2.08. The third kappa shape index (κ3) is 5.09. The van der Waals surface area contributed by atoms with Crippen molar-refractivity contribution in [1.82, 2.24) is 19.7 Å². The van der Waals surface area contributed by atoms with E-state index in [2.05, 4.69) is 14.9 Å². The van der Waals surface area contributed by atoms with E-state index in [1.54, 1.807) is 18.5 Å². The van der Waals surface area contributed by atoms with E-state index < -0.39 is 10.0 Å². The van der Waals surface area contributed by atoms with Crippen LogP contribution in [0.2, 0.25) is 0 Å². The molecule has 0 saturated carbocycles. The molecular formula is C15H20N4O2S. The summed E-state index contributed by atoms with van der Waals surface area (Å²) in [5.41, 5.74) is 0.836. The molecule has 0 amide bonds. The van der Waals surface area contributed by atoms with Crippen molar-refractivity contribution in [2.45, 2.75) is 26.4 Å². The van der Waals surface area contributed by atoms with E-state index in [1.807, 2.05) is 44.2 Å². The summed E-state index contributed by atoms with van der Waals surface area (Å²) in [6.07, 6.45) is 4.72. The fourth-order valence-electron chi connectivity index (χ4n) is 1.88. The molecule has 1 heterocycles. The van der Waals surface area contributed by atoms with Crippen LogP contribution in [0.4, 0.5) is 0 Å². The third-order valence-corrected chi connectivity index (χ3v) is 4.31. The first-order valence-electron chi connectivity index (χ1n) is 7.06. The van der Waals surface area contributed by atoms with Crippen LogP contribution in [0.15, 0.2) is 48.1 Å². The first-order chi connectivity index (χ1) is 10.5. The van der Waals surface area contributed by atoms with E-state index >= 15 is 0 Å². The van der Waals surface area contributed by atoms with Gasteiger partial charge in [-0.25, -0.2) is 13.1 Å². The van der Waals surface area contributed by atoms with Crippen molar-refractivity contribution in [3.05, 3.63) is 53.7 Å². The largest absolute Gasteiger partial charge is 0.234 e. The highest BCUT2D eigenvalue weighted by Gasteiger charge is 2.20. The third-order valence-electron chi connectivity index (χ3n) is 3.19. The van der Waals surface area contributed by atoms with E-state index in [4.69, 9.17) is 0 Å². The summed E-state index contributed by atoms with van der Waals surface area (Å²) in [6.45, 7) is 4.30. The van der Waals surface area contributed by atoms with Crippen molar-refractivity contribution in [3.63, 3.8) is 0 Å². The molecule has 7 heteroatoms. The average molecular weight is 320 g/mol. The Morgan fingerprint density at radius 3 is 2.41 bits per heavy atom. The Bertz CT molecular complexity index is 694. The minimum absolute atomic E-state index is 0.117. The van der Waals surface area contributed by atoms with Gasteiger partial charge in [0.25, 0.3) is 0 Å². The van der Waals surface area contributed by atoms with Gasteiger partial charge >= 0.3 is 0 Å². The summed E-state index contributed by atoms with van der Waals surface area (Å²) in [5.74, 6) is 0.117. The van der Waals surface area contributed by atoms with E-state index in [9.17, 15) is 8.42 Å². The van der Waals surface area contributed by atoms with Crippen LogP contribution >= 0.6 is 0 Å². The van der Waals surface area contributed by atoms with Gasteiger partial charge in [0.1, 0.15) is 0 Å². The molecule has 22 heavy (non-hydrogen) atoms. The smallest absolute Gasteiger partial charge is 0.208 e. The zero-order valence-corrected chi connectivity index (χ0v) is 13.4. The SMILES string of the molecule is CC(C)C(Cn1nccn1)NS(=O)(=O)/C=C/c1ccccc1. The second kappa shape index (κ2) is 7.33. The number of rotatable bonds is 7. The number of aromatic nitrogens is 3. The van der Waals surface area contributed by atoms with Crippen molar-refractivity contribution >= 4 is 16.1 Å². The zero-order chi connectivity index (χ0) is 16.0. The van der Waals surface area contributed by atoms with Crippen LogP contribution in [0.25, 0.3) is 6.08 Å². The van der Waals surface area contributed by atoms with Crippen molar-refractivity contribution in [2.75, 3.05) is 0 Å². The number of benzene rings is 1. The molecule has 0 saturated heterocycles. The van der Waals surface area contributed by atoms with Crippen LogP contribution in [0, 0.1) is 5.92 Å². The lowest BCUT2D eigenvalue weighted by Gasteiger charge is -2.20. The summed E-state index contributed by atoms with van der Waals surface area (Å²) in [5, 5.41) is 9.22. The second-order valence-electron chi connectivity index (χ2n) is 5.31. The summed E-state index contributed by atoms with van der Waals surface area (Å²) >= 11 is 0. The number of sulfonamides is 1. The first-order valence-corrected chi connectivity index (χ1v) is 8.60. The molecule has 0 fully saturated rings. The van der Waals surface area contributed by atoms with Gasteiger partial charge in [-0.15, -0.1) is 0 Å². The normalized spacial score (nSPS) is 13.8. The van der Waals surface area contributed by atoms with Gasteiger partial charge in [-0.3, -0.25) is 0 Å². The maximum absolute atomic E-state index is 12.2. The molecule has 1 aromatic carbocycles. The Balaban J connectivity index is 2.06. The topological polar surface area (TPSA) is 76.9 Å². The average Bonchev–Trinajstić information content (AvgIpc) is 2.98. The molecule has 1 N–H and O–H groups in total. The minimum atomic E-state index is -3.53. The second-order valence-corrected chi connectivity index (χ2v) is 6.91. The number of hydrogen-bond acceptors (Lipinski definition) is 4. The van der Waals surface area contributed by atoms with Crippen molar-refractivity contribution in [2.24, 2.45) is 5.92 Å². The number of hydrogen-bond donors (Lipinski definition) is 1. The lowest BCUT2D eigenvalue weighted by Crippen LogP contribution is -2.41. The molecule has 0 spiro atoms. The van der Waals surface area contributed by atoms with Gasteiger partial charge in [-0.05, 0) is 17.6 Å². The van der Waals surface area contributed by atoms with Crippen LogP contribution < -0.4 is 4.72 Å². The molecule has 2 aromatic rings. The standard InChI is InChI=1S/C15H20N4O2S/c1-13(2)15(12-19-16-9-10-17-19)18-22(20,21)11-8-14-6-4-3-5-7-14/h3-11,13,15,18H,12H2,1-2H3/b11-8+. The van der Waals surface area contributed by atoms with Gasteiger partial charge in [0.05, 0.1) is 18.9 Å². The molecule has 1 unspecified atom stereocenters. The Morgan fingerprint density at radius 2 is 1.82 bits per heavy atom. The van der Waals surface area contributed by atoms with Crippen LogP contribution in [0.5, 0.6) is 0 Å². The molecule has 118 valence electrons. The van der Waals surface area contributed by atoms with Crippen LogP contribution in [-0.2, 0) is 16.6 Å². The van der Waals surface area contributed by atoms with Gasteiger partial charge in [0, 0.05) is 11.4 Å². The highest BCUT2D eigenvalue weighted by molar-refractivity contribution is 7.92. The predicted molar refractivity (Wildman–Crippen MR) is 86.2 cm³/mol. The fraction of sp³-hybridized carbons (Fsp3) is 0.333. The van der Waals surface area contributed by atoms with E-state index in [0.29, 0.717) is 6.54 Å². The van der Waals surface area contributed by atoms with Gasteiger partial charge in [0.2, 0.25) is 10.0 Å². The molecule has 1 atom stereocenters. The lowest BCUT2D eigenvalue weighted by atomic mass is 10.1. The minimum Gasteiger partial charge on any atom is -0.208 e. The maximum Gasteiger partial charge on any atom is 0.234 e. The quantitative estimate of drug-likeness (QED) is 0.845. The molecule has 0 aliphatic heterocycles. The Kier molecular flexibility index (Phi) is 5.46. The van der Waals surface area contributed by atoms with Crippen LogP contribution in [-0.4, -0.2) is 29.5 Å². The molecular weight excluding hydrogens is 300 g/mol. The Hall–Kier alpha value is -1.99. The molecule has 6 nitrogen and oxygen atoms in total. The Labute approximate surface area is 130 Å². The summed E-state index contributed by atoms with van der Waals surface area (Å²) < 4.78 is 27.1. The van der Waals surface area contributed by atoms with Gasteiger partial charge in [0.15, 0.2) is 0 Å². The van der Waals surface area contributed by atoms with Crippen LogP contribution in [0.1, 0.15) is 19.4 Å². The number of nitrogens with zero attached hydrogens (tertiary/aromatic N) is 3. The molecule has 0 aliphatic rings. The predicted octanol–water partition coefficient (Wildman–Crippen LogP) is 1.89. The fourth-order valence-corrected chi connectivity index (χ4v) is 3.06. The molecule has 0 aliphatic carbocycles. The molecule has 0 radical (unpaired) electrons. The summed E-state index contributed by atoms with van der Waals surface area (Å²) in [6, 6.07) is 9.02. The first kappa shape index (κ1) is 16.4. The molecule has 2 rings (SSSR count). The number of nitrogens with one attached hydrogen (secondary N) is 1. The van der Waals surface area contributed by atoms with E-state index in [0.717, 1.165) is 5.56 Å². The maximum atomic E-state index is 12.2. The molecule has 1 aromatic heterocycles. The zero-order valence-electron chi connectivity index (χ0n) is 12.6.